The molecule has 0 saturated carbocycles. The molecule has 34 valence electrons. The Morgan fingerprint density at radius 3 is 1.00 bits per heavy atom. The monoisotopic (exact) mass is 238 g/mol. The van der Waals surface area contributed by atoms with Crippen LogP contribution in [-0.4, -0.2) is 89.1 Å². The van der Waals surface area contributed by atoms with Crippen LogP contribution in [0.25, 0.3) is 0 Å². The molecule has 0 nitrogen and oxygen atoms in total. The number of hydrogen-bond donors (Lipinski definition) is 0. The average molecular weight is 238 g/mol. The summed E-state index contributed by atoms with van der Waals surface area (Å²) in [5.41, 5.74) is 0. The van der Waals surface area contributed by atoms with Gasteiger partial charge in [0.25, 0.3) is 0 Å². The summed E-state index contributed by atoms with van der Waals surface area (Å²) in [4.78, 5) is 0. The van der Waals surface area contributed by atoms with E-state index in [1.165, 1.54) is 0 Å². The van der Waals surface area contributed by atoms with Crippen LogP contribution < -0.4 is 0 Å². The van der Waals surface area contributed by atoms with E-state index in [2.05, 4.69) is 0 Å². The fraction of sp³-hybridized carbons (Fsp3) is 0. The molecule has 0 aliphatic heterocycles. The Balaban J connectivity index is 0. The minimum atomic E-state index is 0. The maximum absolute atomic E-state index is 0. The molecule has 0 N–H and O–H groups in total. The summed E-state index contributed by atoms with van der Waals surface area (Å²) in [5.74, 6) is 0. The van der Waals surface area contributed by atoms with Crippen LogP contribution in [0.3, 0.4) is 0 Å². The number of rotatable bonds is 0. The predicted octanol–water partition coefficient (Wildman–Crippen LogP) is -1.88. The van der Waals surface area contributed by atoms with Crippen molar-refractivity contribution in [2.24, 2.45) is 0 Å². The Morgan fingerprint density at radius 2 is 1.00 bits per heavy atom. The van der Waals surface area contributed by atoms with Gasteiger partial charge in [0.15, 0.2) is 17.4 Å². The van der Waals surface area contributed by atoms with Crippen molar-refractivity contribution in [3.05, 3.63) is 0 Å². The molecule has 0 aromatic carbocycles. The zero-order chi connectivity index (χ0) is 0. The summed E-state index contributed by atoms with van der Waals surface area (Å²) in [6, 6.07) is 0. The van der Waals surface area contributed by atoms with Crippen molar-refractivity contribution in [1.29, 1.82) is 0 Å². The molecular weight excluding hydrogens is 231 g/mol. The van der Waals surface area contributed by atoms with Gasteiger partial charge in [0.2, 0.25) is 0 Å². The Morgan fingerprint density at radius 1 is 1.00 bits per heavy atom. The molecule has 0 bridgehead atoms. The molecule has 0 aromatic heterocycles. The zero-order valence-electron chi connectivity index (χ0n) is 6.62. The summed E-state index contributed by atoms with van der Waals surface area (Å²) in [6.45, 7) is 0. The molecule has 4 radical (unpaired) electrons. The van der Waals surface area contributed by atoms with Crippen LogP contribution in [0, 0.1) is 0 Å². The van der Waals surface area contributed by atoms with Crippen molar-refractivity contribution in [1.82, 2.24) is 0 Å². The van der Waals surface area contributed by atoms with Gasteiger partial charge in [-0.1, -0.05) is 0 Å². The SMILES string of the molecule is [AlH3].[Ca+2].[Fe].[Fe].[H-].[H-].[H-].[H-].[Mg+2].[Si]. The van der Waals surface area contributed by atoms with Gasteiger partial charge in [0, 0.05) is 45.1 Å². The van der Waals surface area contributed by atoms with Crippen molar-refractivity contribution in [3.8, 4) is 0 Å². The predicted molar refractivity (Wildman–Crippen MR) is 31.6 cm³/mol. The van der Waals surface area contributed by atoms with Crippen LogP contribution >= 0.6 is 0 Å². The van der Waals surface area contributed by atoms with Gasteiger partial charge in [-0.25, -0.2) is 0 Å². The summed E-state index contributed by atoms with van der Waals surface area (Å²) in [5, 5.41) is 0. The Kier molecular flexibility index (Phi) is 323. The first kappa shape index (κ1) is 52.4. The van der Waals surface area contributed by atoms with Crippen LogP contribution in [0.2, 0.25) is 0 Å². The van der Waals surface area contributed by atoms with E-state index in [4.69, 9.17) is 0 Å². The third-order valence-electron chi connectivity index (χ3n) is 0. The molecule has 0 fully saturated rings. The standard InChI is InChI=1S/Al.Ca.2Fe.Mg.Si.7H/q;+2;;;+2;;;;;4*-1. The molecule has 0 aliphatic carbocycles. The summed E-state index contributed by atoms with van der Waals surface area (Å²) in [7, 11) is 0. The zero-order valence-corrected chi connectivity index (χ0v) is 9.45. The summed E-state index contributed by atoms with van der Waals surface area (Å²) >= 11 is 0. The largest absolute Gasteiger partial charge is 2.00 e. The first-order valence-electron chi connectivity index (χ1n) is 0. The van der Waals surface area contributed by atoms with E-state index in [1.807, 2.05) is 0 Å². The maximum atomic E-state index is 0. The first-order valence-corrected chi connectivity index (χ1v) is 0. The molecule has 0 aliphatic rings. The summed E-state index contributed by atoms with van der Waals surface area (Å²) in [6.07, 6.45) is 0. The van der Waals surface area contributed by atoms with Crippen LogP contribution in [0.4, 0.5) is 0 Å². The molecule has 0 saturated heterocycles. The second kappa shape index (κ2) is 37.0. The van der Waals surface area contributed by atoms with Gasteiger partial charge < -0.3 is 5.71 Å². The molecule has 0 heterocycles. The molecule has 0 atom stereocenters. The third kappa shape index (κ3) is 24.9. The number of hydrogen-bond acceptors (Lipinski definition) is 0. The van der Waals surface area contributed by atoms with Crippen LogP contribution in [0.5, 0.6) is 0 Å². The van der Waals surface area contributed by atoms with Gasteiger partial charge in [-0.05, 0) is 0 Å². The second-order valence-corrected chi connectivity index (χ2v) is 0. The van der Waals surface area contributed by atoms with Crippen LogP contribution in [0.1, 0.15) is 5.71 Å². The fourth-order valence-corrected chi connectivity index (χ4v) is 0. The molecular formula is H7AlCaFe2MgSi. The molecule has 0 spiro atoms. The molecule has 6 heteroatoms. The van der Waals surface area contributed by atoms with E-state index in [1.54, 1.807) is 0 Å². The molecule has 0 rings (SSSR count). The van der Waals surface area contributed by atoms with Gasteiger partial charge in [-0.2, -0.15) is 0 Å². The molecule has 0 aromatic rings. The van der Waals surface area contributed by atoms with Crippen molar-refractivity contribution < 1.29 is 39.8 Å². The van der Waals surface area contributed by atoms with Gasteiger partial charge in [0.1, 0.15) is 0 Å². The molecule has 0 amide bonds. The molecule has 6 heavy (non-hydrogen) atoms. The minimum Gasteiger partial charge on any atom is -1.00 e. The Hall–Kier alpha value is 3.81. The van der Waals surface area contributed by atoms with Crippen LogP contribution in [-0.2, 0) is 34.1 Å². The molecule has 0 unspecified atom stereocenters. The van der Waals surface area contributed by atoms with Crippen molar-refractivity contribution in [2.75, 3.05) is 0 Å². The fourth-order valence-electron chi connectivity index (χ4n) is 0. The quantitative estimate of drug-likeness (QED) is 0.433. The van der Waals surface area contributed by atoms with Gasteiger partial charge in [-0.15, -0.1) is 0 Å². The van der Waals surface area contributed by atoms with Gasteiger partial charge >= 0.3 is 60.8 Å². The first-order chi connectivity index (χ1) is 0. The Labute approximate surface area is 127 Å². The normalized spacial score (nSPS) is 0. The average Bonchev–Trinajstić information content (AvgIpc) is 0. The van der Waals surface area contributed by atoms with Crippen molar-refractivity contribution in [3.63, 3.8) is 0 Å². The maximum Gasteiger partial charge on any atom is 2.00 e. The van der Waals surface area contributed by atoms with Gasteiger partial charge in [-0.3, -0.25) is 0 Å². The smallest absolute Gasteiger partial charge is 1.00 e. The van der Waals surface area contributed by atoms with Crippen molar-refractivity contribution >= 4 is 89.1 Å². The van der Waals surface area contributed by atoms with Crippen LogP contribution in [0.15, 0.2) is 0 Å². The minimum absolute atomic E-state index is 0. The van der Waals surface area contributed by atoms with E-state index in [0.29, 0.717) is 0 Å². The second-order valence-electron chi connectivity index (χ2n) is 0. The summed E-state index contributed by atoms with van der Waals surface area (Å²) < 4.78 is 0. The van der Waals surface area contributed by atoms with E-state index in [-0.39, 0.29) is 129 Å². The van der Waals surface area contributed by atoms with E-state index < -0.39 is 0 Å². The van der Waals surface area contributed by atoms with E-state index in [9.17, 15) is 0 Å². The topological polar surface area (TPSA) is 0 Å². The third-order valence-corrected chi connectivity index (χ3v) is 0. The van der Waals surface area contributed by atoms with E-state index in [0.717, 1.165) is 0 Å². The van der Waals surface area contributed by atoms with E-state index >= 15 is 0 Å². The van der Waals surface area contributed by atoms with Gasteiger partial charge in [0.05, 0.1) is 0 Å². The Bertz CT molecular complexity index is 23.2. The van der Waals surface area contributed by atoms with Crippen molar-refractivity contribution in [2.45, 2.75) is 0 Å².